The highest BCUT2D eigenvalue weighted by molar-refractivity contribution is 14.1. The van der Waals surface area contributed by atoms with Crippen molar-refractivity contribution >= 4 is 80.8 Å². The maximum atomic E-state index is 15.2. The Morgan fingerprint density at radius 2 is 1.42 bits per heavy atom. The summed E-state index contributed by atoms with van der Waals surface area (Å²) in [6.07, 6.45) is 0.918. The molecule has 6 unspecified atom stereocenters. The molecule has 2 saturated heterocycles. The molecule has 248 valence electrons. The summed E-state index contributed by atoms with van der Waals surface area (Å²) < 4.78 is 73.9. The van der Waals surface area contributed by atoms with Gasteiger partial charge in [0.15, 0.2) is 33.0 Å². The number of carbonyl (C=O) groups is 4. The van der Waals surface area contributed by atoms with E-state index in [0.717, 1.165) is 8.47 Å². The van der Waals surface area contributed by atoms with E-state index in [-0.39, 0.29) is 28.2 Å². The third-order valence-corrected chi connectivity index (χ3v) is 12.0. The Kier molecular flexibility index (Phi) is 7.54. The van der Waals surface area contributed by atoms with Gasteiger partial charge >= 0.3 is 0 Å². The Labute approximate surface area is 292 Å². The van der Waals surface area contributed by atoms with Gasteiger partial charge in [-0.3, -0.25) is 24.1 Å². The fraction of sp³-hybridized carbons (Fsp3) is 0.273. The van der Waals surface area contributed by atoms with E-state index in [1.165, 1.54) is 25.1 Å². The van der Waals surface area contributed by atoms with Crippen LogP contribution < -0.4 is 9.80 Å². The summed E-state index contributed by atoms with van der Waals surface area (Å²) >= 11 is 16.3. The number of nitrogens with zero attached hydrogens (tertiary/aromatic N) is 2. The van der Waals surface area contributed by atoms with E-state index in [1.807, 2.05) is 0 Å². The summed E-state index contributed by atoms with van der Waals surface area (Å²) in [4.78, 5) is 51.8. The molecule has 0 bridgehead atoms. The molecule has 0 aromatic heterocycles. The average Bonchev–Trinajstić information content (AvgIpc) is 3.39. The van der Waals surface area contributed by atoms with Crippen molar-refractivity contribution in [2.24, 2.45) is 17.8 Å². The van der Waals surface area contributed by atoms with Crippen molar-refractivity contribution in [2.45, 2.75) is 35.4 Å². The zero-order valence-electron chi connectivity index (χ0n) is 24.3. The molecule has 1 N–H and O–H groups in total. The van der Waals surface area contributed by atoms with Gasteiger partial charge in [-0.05, 0) is 78.1 Å². The van der Waals surface area contributed by atoms with Crippen LogP contribution in [0.4, 0.5) is 33.3 Å². The van der Waals surface area contributed by atoms with Crippen LogP contribution in [0.3, 0.4) is 0 Å². The number of hydrogen-bond donors (Lipinski definition) is 1. The molecule has 48 heavy (non-hydrogen) atoms. The number of para-hydroxylation sites is 1. The molecule has 3 fully saturated rings. The highest BCUT2D eigenvalue weighted by atomic mass is 127. The Morgan fingerprint density at radius 3 is 2.04 bits per heavy atom. The molecule has 0 spiro atoms. The summed E-state index contributed by atoms with van der Waals surface area (Å²) in [6.45, 7) is 1.53. The predicted molar refractivity (Wildman–Crippen MR) is 171 cm³/mol. The second kappa shape index (κ2) is 11.0. The third kappa shape index (κ3) is 4.09. The van der Waals surface area contributed by atoms with Crippen LogP contribution >= 0.6 is 45.8 Å². The second-order valence-electron chi connectivity index (χ2n) is 12.2. The maximum Gasteiger partial charge on any atom is 0.258 e. The number of carbonyl (C=O) groups excluding carboxylic acids is 4. The van der Waals surface area contributed by atoms with Crippen molar-refractivity contribution in [3.05, 3.63) is 97.9 Å². The van der Waals surface area contributed by atoms with Crippen molar-refractivity contribution in [2.75, 3.05) is 9.80 Å². The zero-order chi connectivity index (χ0) is 34.8. The van der Waals surface area contributed by atoms with Crippen molar-refractivity contribution in [1.82, 2.24) is 0 Å². The van der Waals surface area contributed by atoms with E-state index in [0.29, 0.717) is 11.3 Å². The van der Waals surface area contributed by atoms with Crippen molar-refractivity contribution in [3.8, 4) is 5.75 Å². The van der Waals surface area contributed by atoms with Gasteiger partial charge in [0.25, 0.3) is 11.8 Å². The van der Waals surface area contributed by atoms with Crippen molar-refractivity contribution in [3.63, 3.8) is 0 Å². The quantitative estimate of drug-likeness (QED) is 0.0600. The van der Waals surface area contributed by atoms with Crippen LogP contribution in [-0.4, -0.2) is 38.5 Å². The third-order valence-electron chi connectivity index (χ3n) is 9.89. The lowest BCUT2D eigenvalue weighted by molar-refractivity contribution is -0.125. The van der Waals surface area contributed by atoms with Gasteiger partial charge in [-0.15, -0.1) is 23.2 Å². The summed E-state index contributed by atoms with van der Waals surface area (Å²) in [6, 6.07) is 11.0. The molecule has 15 heteroatoms. The Balaban J connectivity index is 1.44. The fourth-order valence-electron chi connectivity index (χ4n) is 7.67. The zero-order valence-corrected chi connectivity index (χ0v) is 28.0. The first kappa shape index (κ1) is 33.0. The number of amides is 4. The Morgan fingerprint density at radius 1 is 0.812 bits per heavy atom. The molecule has 0 radical (unpaired) electrons. The number of phenolic OH excluding ortho intramolecular Hbond substituents is 1. The molecule has 2 aliphatic carbocycles. The van der Waals surface area contributed by atoms with Crippen LogP contribution in [0.1, 0.15) is 29.9 Å². The first-order chi connectivity index (χ1) is 22.6. The van der Waals surface area contributed by atoms with Gasteiger partial charge in [-0.2, -0.15) is 0 Å². The summed E-state index contributed by atoms with van der Waals surface area (Å²) in [5, 5.41) is 11.3. The van der Waals surface area contributed by atoms with Gasteiger partial charge in [0.05, 0.1) is 17.5 Å². The number of aromatic hydroxyl groups is 1. The standard InChI is InChI=1S/C33H20Cl2F5IN2O5/c1-12-3-2-4-17(27(12)44)20-15-9-10-16-19(29(46)42(28(16)45)14-7-5-13(41)6-8-14)18(15)11-32(34)30(47)43(31(48)33(20,32)35)26-24(39)22(37)21(36)23(38)25(26)40/h2-9,16,18-20,44H,10-11H2,1H3. The first-order valence-corrected chi connectivity index (χ1v) is 16.3. The Hall–Kier alpha value is -3.56. The van der Waals surface area contributed by atoms with Crippen LogP contribution in [0.5, 0.6) is 5.75 Å². The smallest absolute Gasteiger partial charge is 0.258 e. The molecule has 2 aliphatic heterocycles. The fourth-order valence-corrected chi connectivity index (χ4v) is 8.96. The minimum absolute atomic E-state index is 0.0171. The van der Waals surface area contributed by atoms with Gasteiger partial charge in [-0.25, -0.2) is 26.9 Å². The second-order valence-corrected chi connectivity index (χ2v) is 14.7. The van der Waals surface area contributed by atoms with E-state index < -0.39 is 98.2 Å². The summed E-state index contributed by atoms with van der Waals surface area (Å²) in [7, 11) is 0. The monoisotopic (exact) mass is 816 g/mol. The number of benzene rings is 3. The number of fused-ring (bicyclic) bond motifs is 4. The van der Waals surface area contributed by atoms with E-state index >= 15 is 8.78 Å². The lowest BCUT2D eigenvalue weighted by atomic mass is 9.56. The van der Waals surface area contributed by atoms with Crippen molar-refractivity contribution < 1.29 is 46.2 Å². The van der Waals surface area contributed by atoms with Gasteiger partial charge in [0, 0.05) is 15.1 Å². The number of allylic oxidation sites excluding steroid dienone is 2. The normalized spacial score (nSPS) is 29.6. The topological polar surface area (TPSA) is 95.0 Å². The summed E-state index contributed by atoms with van der Waals surface area (Å²) in [5.41, 5.74) is -1.07. The molecule has 2 heterocycles. The van der Waals surface area contributed by atoms with Crippen LogP contribution in [0.25, 0.3) is 0 Å². The molecule has 7 nitrogen and oxygen atoms in total. The maximum absolute atomic E-state index is 15.2. The predicted octanol–water partition coefficient (Wildman–Crippen LogP) is 6.77. The molecular formula is C33H20Cl2F5IN2O5. The number of halogens is 8. The van der Waals surface area contributed by atoms with Crippen LogP contribution in [0, 0.1) is 57.3 Å². The molecule has 4 amide bonds. The molecule has 4 aliphatic rings. The van der Waals surface area contributed by atoms with Gasteiger partial charge < -0.3 is 5.11 Å². The number of aryl methyl sites for hydroxylation is 1. The van der Waals surface area contributed by atoms with Crippen LogP contribution in [0.15, 0.2) is 54.1 Å². The Bertz CT molecular complexity index is 2020. The van der Waals surface area contributed by atoms with E-state index in [4.69, 9.17) is 23.2 Å². The van der Waals surface area contributed by atoms with Crippen LogP contribution in [-0.2, 0) is 19.2 Å². The van der Waals surface area contributed by atoms with Gasteiger partial charge in [-0.1, -0.05) is 29.8 Å². The minimum Gasteiger partial charge on any atom is -0.507 e. The first-order valence-electron chi connectivity index (χ1n) is 14.5. The summed E-state index contributed by atoms with van der Waals surface area (Å²) in [5.74, 6) is -21.7. The number of phenols is 1. The molecule has 1 saturated carbocycles. The van der Waals surface area contributed by atoms with Crippen molar-refractivity contribution in [1.29, 1.82) is 0 Å². The number of alkyl halides is 2. The van der Waals surface area contributed by atoms with E-state index in [9.17, 15) is 37.5 Å². The SMILES string of the molecule is Cc1cccc(C2C3=CCC4C(=O)N(c5ccc(I)cc5)C(=O)C4C3CC3(Cl)C(=O)N(c4c(F)c(F)c(F)c(F)c4F)C(=O)C23Cl)c1O. The number of rotatable bonds is 3. The molecule has 3 aromatic rings. The van der Waals surface area contributed by atoms with E-state index in [2.05, 4.69) is 22.6 Å². The molecular weight excluding hydrogens is 797 g/mol. The minimum atomic E-state index is -2.71. The largest absolute Gasteiger partial charge is 0.507 e. The van der Waals surface area contributed by atoms with E-state index in [1.54, 1.807) is 30.3 Å². The lowest BCUT2D eigenvalue weighted by Gasteiger charge is -2.50. The molecule has 3 aromatic carbocycles. The molecule has 7 rings (SSSR count). The van der Waals surface area contributed by atoms with Gasteiger partial charge in [0.2, 0.25) is 17.6 Å². The number of anilines is 2. The average molecular weight is 817 g/mol. The number of hydrogen-bond acceptors (Lipinski definition) is 5. The van der Waals surface area contributed by atoms with Crippen LogP contribution in [0.2, 0.25) is 0 Å². The number of imide groups is 2. The lowest BCUT2D eigenvalue weighted by Crippen LogP contribution is -2.60. The van der Waals surface area contributed by atoms with Gasteiger partial charge in [0.1, 0.15) is 11.4 Å². The highest BCUT2D eigenvalue weighted by Crippen LogP contribution is 2.67. The highest BCUT2D eigenvalue weighted by Gasteiger charge is 2.77. The molecule has 6 atom stereocenters.